The molecule has 0 aliphatic rings. The van der Waals surface area contributed by atoms with Gasteiger partial charge in [0, 0.05) is 12.8 Å². The summed E-state index contributed by atoms with van der Waals surface area (Å²) < 4.78 is 5.47. The van der Waals surface area contributed by atoms with Crippen molar-refractivity contribution in [3.05, 3.63) is 24.3 Å². The molecule has 0 aromatic rings. The molecule has 0 heterocycles. The Morgan fingerprint density at radius 2 is 0.618 bits per heavy atom. The Morgan fingerprint density at radius 3 is 0.961 bits per heavy atom. The number of carbonyl (C=O) groups is 2. The van der Waals surface area contributed by atoms with Crippen LogP contribution in [0.2, 0.25) is 0 Å². The van der Waals surface area contributed by atoms with Crippen molar-refractivity contribution in [3.63, 3.8) is 0 Å². The van der Waals surface area contributed by atoms with Crippen LogP contribution in [0.15, 0.2) is 24.3 Å². The predicted octanol–water partition coefficient (Wildman–Crippen LogP) is 22.1. The van der Waals surface area contributed by atoms with Crippen molar-refractivity contribution in [2.75, 3.05) is 13.2 Å². The molecule has 76 heavy (non-hydrogen) atoms. The molecule has 0 aliphatic carbocycles. The molecule has 0 aromatic heterocycles. The van der Waals surface area contributed by atoms with Gasteiger partial charge in [0.1, 0.15) is 0 Å². The van der Waals surface area contributed by atoms with Gasteiger partial charge in [-0.15, -0.1) is 0 Å². The fourth-order valence-electron chi connectivity index (χ4n) is 10.9. The normalized spacial score (nSPS) is 12.6. The van der Waals surface area contributed by atoms with Crippen molar-refractivity contribution in [2.24, 2.45) is 0 Å². The quantitative estimate of drug-likeness (QED) is 0.0320. The third-order valence-electron chi connectivity index (χ3n) is 16.2. The summed E-state index contributed by atoms with van der Waals surface area (Å²) in [6.07, 6.45) is 82.2. The molecule has 1 amide bonds. The number of amides is 1. The van der Waals surface area contributed by atoms with Crippen LogP contribution in [0.4, 0.5) is 0 Å². The molecule has 2 atom stereocenters. The number of carbonyl (C=O) groups excluding carboxylic acids is 2. The number of allylic oxidation sites excluding steroid dienone is 4. The van der Waals surface area contributed by atoms with E-state index in [4.69, 9.17) is 4.74 Å². The lowest BCUT2D eigenvalue weighted by molar-refractivity contribution is -0.143. The van der Waals surface area contributed by atoms with E-state index < -0.39 is 12.1 Å². The fraction of sp³-hybridized carbons (Fsp3) is 0.914. The van der Waals surface area contributed by atoms with Gasteiger partial charge in [0.15, 0.2) is 0 Å². The Balaban J connectivity index is 3.40. The molecular formula is C70H135NO5. The number of ether oxygens (including phenoxy) is 1. The van der Waals surface area contributed by atoms with E-state index in [-0.39, 0.29) is 18.5 Å². The van der Waals surface area contributed by atoms with Crippen LogP contribution in [0, 0.1) is 0 Å². The molecule has 6 nitrogen and oxygen atoms in total. The average molecular weight is 1070 g/mol. The van der Waals surface area contributed by atoms with Gasteiger partial charge < -0.3 is 20.3 Å². The van der Waals surface area contributed by atoms with Crippen LogP contribution in [0.3, 0.4) is 0 Å². The molecule has 450 valence electrons. The number of hydrogen-bond donors (Lipinski definition) is 3. The molecule has 0 aliphatic heterocycles. The zero-order valence-corrected chi connectivity index (χ0v) is 51.5. The molecule has 0 rings (SSSR count). The number of unbranched alkanes of at least 4 members (excludes halogenated alkanes) is 50. The molecular weight excluding hydrogens is 935 g/mol. The van der Waals surface area contributed by atoms with E-state index in [1.165, 1.54) is 308 Å². The van der Waals surface area contributed by atoms with Crippen LogP contribution in [-0.2, 0) is 14.3 Å². The highest BCUT2D eigenvalue weighted by Gasteiger charge is 2.20. The van der Waals surface area contributed by atoms with E-state index in [1.807, 2.05) is 0 Å². The first-order chi connectivity index (χ1) is 37.5. The van der Waals surface area contributed by atoms with Crippen molar-refractivity contribution in [1.29, 1.82) is 0 Å². The average Bonchev–Trinajstić information content (AvgIpc) is 3.42. The second kappa shape index (κ2) is 65.9. The number of rotatable bonds is 65. The maximum atomic E-state index is 12.5. The van der Waals surface area contributed by atoms with Crippen molar-refractivity contribution in [1.82, 2.24) is 5.32 Å². The lowest BCUT2D eigenvalue weighted by atomic mass is 10.0. The van der Waals surface area contributed by atoms with Crippen LogP contribution in [0.1, 0.15) is 386 Å². The van der Waals surface area contributed by atoms with Gasteiger partial charge in [-0.1, -0.05) is 321 Å². The molecule has 0 radical (unpaired) electrons. The summed E-state index contributed by atoms with van der Waals surface area (Å²) in [6.45, 7) is 4.96. The third-order valence-corrected chi connectivity index (χ3v) is 16.2. The largest absolute Gasteiger partial charge is 0.466 e. The Hall–Kier alpha value is -1.66. The summed E-state index contributed by atoms with van der Waals surface area (Å²) in [5.41, 5.74) is 0. The van der Waals surface area contributed by atoms with E-state index in [0.29, 0.717) is 25.9 Å². The summed E-state index contributed by atoms with van der Waals surface area (Å²) in [5, 5.41) is 23.4. The zero-order valence-electron chi connectivity index (χ0n) is 51.5. The standard InChI is InChI=1S/C70H135NO5/c1-3-5-7-9-11-13-15-17-18-19-20-21-27-30-33-36-39-42-46-50-54-58-62-68(73)67(66-72)71-69(74)63-59-55-51-47-43-40-37-34-31-28-25-23-22-24-26-29-32-35-38-41-45-49-53-57-61-65-76-70(75)64-60-56-52-48-44-16-14-12-10-8-6-4-2/h12,14,23,25,67-68,72-73H,3-11,13,15-22,24,26-66H2,1-2H3,(H,71,74)/b14-12-,25-23-. The highest BCUT2D eigenvalue weighted by Crippen LogP contribution is 2.19. The topological polar surface area (TPSA) is 95.9 Å². The first-order valence-electron chi connectivity index (χ1n) is 34.6. The van der Waals surface area contributed by atoms with E-state index in [0.717, 1.165) is 44.9 Å². The van der Waals surface area contributed by atoms with Gasteiger partial charge in [-0.2, -0.15) is 0 Å². The van der Waals surface area contributed by atoms with Gasteiger partial charge in [0.05, 0.1) is 25.4 Å². The smallest absolute Gasteiger partial charge is 0.305 e. The van der Waals surface area contributed by atoms with Crippen LogP contribution in [-0.4, -0.2) is 47.4 Å². The van der Waals surface area contributed by atoms with Gasteiger partial charge in [-0.3, -0.25) is 9.59 Å². The number of esters is 1. The molecule has 0 bridgehead atoms. The van der Waals surface area contributed by atoms with Gasteiger partial charge in [0.25, 0.3) is 0 Å². The van der Waals surface area contributed by atoms with Crippen molar-refractivity contribution in [3.8, 4) is 0 Å². The second-order valence-corrected chi connectivity index (χ2v) is 23.9. The first-order valence-corrected chi connectivity index (χ1v) is 34.6. The summed E-state index contributed by atoms with van der Waals surface area (Å²) in [5.74, 6) is -0.0298. The highest BCUT2D eigenvalue weighted by atomic mass is 16.5. The summed E-state index contributed by atoms with van der Waals surface area (Å²) in [4.78, 5) is 24.6. The Kier molecular flexibility index (Phi) is 64.4. The summed E-state index contributed by atoms with van der Waals surface area (Å²) >= 11 is 0. The molecule has 6 heteroatoms. The van der Waals surface area contributed by atoms with E-state index in [9.17, 15) is 19.8 Å². The number of aliphatic hydroxyl groups is 2. The minimum Gasteiger partial charge on any atom is -0.466 e. The Labute approximate surface area is 475 Å². The summed E-state index contributed by atoms with van der Waals surface area (Å²) in [7, 11) is 0. The van der Waals surface area contributed by atoms with Gasteiger partial charge in [-0.25, -0.2) is 0 Å². The van der Waals surface area contributed by atoms with E-state index in [1.54, 1.807) is 0 Å². The minimum atomic E-state index is -0.667. The molecule has 0 saturated carbocycles. The van der Waals surface area contributed by atoms with Crippen LogP contribution in [0.25, 0.3) is 0 Å². The molecule has 0 fully saturated rings. The molecule has 0 spiro atoms. The SMILES string of the molecule is CCCCC/C=C\CCCCCCCC(=O)OCCCCCCCCCCCCCC/C=C\CCCCCCCCCCCC(=O)NC(CO)C(O)CCCCCCCCCCCCCCCCCCCCCCCC. The number of hydrogen-bond acceptors (Lipinski definition) is 5. The van der Waals surface area contributed by atoms with Crippen LogP contribution in [0.5, 0.6) is 0 Å². The molecule has 2 unspecified atom stereocenters. The molecule has 3 N–H and O–H groups in total. The lowest BCUT2D eigenvalue weighted by Gasteiger charge is -2.22. The van der Waals surface area contributed by atoms with Crippen LogP contribution < -0.4 is 5.32 Å². The van der Waals surface area contributed by atoms with Crippen LogP contribution >= 0.6 is 0 Å². The third kappa shape index (κ3) is 61.6. The highest BCUT2D eigenvalue weighted by molar-refractivity contribution is 5.76. The van der Waals surface area contributed by atoms with Gasteiger partial charge >= 0.3 is 5.97 Å². The first kappa shape index (κ1) is 74.3. The van der Waals surface area contributed by atoms with Crippen molar-refractivity contribution >= 4 is 11.9 Å². The van der Waals surface area contributed by atoms with Gasteiger partial charge in [-0.05, 0) is 77.0 Å². The molecule has 0 saturated heterocycles. The van der Waals surface area contributed by atoms with Crippen molar-refractivity contribution < 1.29 is 24.5 Å². The maximum absolute atomic E-state index is 12.5. The molecule has 0 aromatic carbocycles. The summed E-state index contributed by atoms with van der Waals surface area (Å²) in [6, 6.07) is -0.545. The minimum absolute atomic E-state index is 0.00404. The fourth-order valence-corrected chi connectivity index (χ4v) is 10.9. The Morgan fingerprint density at radius 1 is 0.355 bits per heavy atom. The second-order valence-electron chi connectivity index (χ2n) is 23.9. The zero-order chi connectivity index (χ0) is 55.0. The monoisotopic (exact) mass is 1070 g/mol. The lowest BCUT2D eigenvalue weighted by Crippen LogP contribution is -2.45. The number of aliphatic hydroxyl groups excluding tert-OH is 2. The predicted molar refractivity (Wildman–Crippen MR) is 333 cm³/mol. The van der Waals surface area contributed by atoms with E-state index >= 15 is 0 Å². The van der Waals surface area contributed by atoms with Crippen molar-refractivity contribution in [2.45, 2.75) is 398 Å². The number of nitrogens with one attached hydrogen (secondary N) is 1. The van der Waals surface area contributed by atoms with E-state index in [2.05, 4.69) is 43.5 Å². The Bertz CT molecular complexity index is 1190. The maximum Gasteiger partial charge on any atom is 0.305 e. The van der Waals surface area contributed by atoms with Gasteiger partial charge in [0.2, 0.25) is 5.91 Å².